The van der Waals surface area contributed by atoms with E-state index in [1.807, 2.05) is 0 Å². The van der Waals surface area contributed by atoms with Gasteiger partial charge in [0.2, 0.25) is 0 Å². The number of hydrazone groups is 1. The molecule has 0 unspecified atom stereocenters. The number of carbonyl (C=O) groups excluding carboxylic acids is 1. The Bertz CT molecular complexity index is 1010. The van der Waals surface area contributed by atoms with Gasteiger partial charge in [0.15, 0.2) is 5.69 Å². The number of halogens is 2. The SMILES string of the molecule is O=C(N/N=C\c1ccc(Cl)cc1Cl)c1n[nH]c(=O)c2ccccc12. The number of carbonyl (C=O) groups is 1. The molecule has 24 heavy (non-hydrogen) atoms. The fraction of sp³-hybridized carbons (Fsp3) is 0. The summed E-state index contributed by atoms with van der Waals surface area (Å²) in [7, 11) is 0. The van der Waals surface area contributed by atoms with E-state index in [0.29, 0.717) is 26.4 Å². The van der Waals surface area contributed by atoms with E-state index in [-0.39, 0.29) is 11.3 Å². The van der Waals surface area contributed by atoms with Crippen molar-refractivity contribution in [2.75, 3.05) is 0 Å². The van der Waals surface area contributed by atoms with Crippen LogP contribution < -0.4 is 11.0 Å². The van der Waals surface area contributed by atoms with Gasteiger partial charge in [0, 0.05) is 16.0 Å². The molecule has 3 aromatic rings. The molecule has 0 bridgehead atoms. The van der Waals surface area contributed by atoms with Gasteiger partial charge in [-0.3, -0.25) is 9.59 Å². The van der Waals surface area contributed by atoms with Crippen molar-refractivity contribution in [2.45, 2.75) is 0 Å². The van der Waals surface area contributed by atoms with Gasteiger partial charge in [0.25, 0.3) is 11.5 Å². The van der Waals surface area contributed by atoms with Crippen LogP contribution in [-0.2, 0) is 0 Å². The van der Waals surface area contributed by atoms with E-state index >= 15 is 0 Å². The summed E-state index contributed by atoms with van der Waals surface area (Å²) in [5.74, 6) is -0.552. The summed E-state index contributed by atoms with van der Waals surface area (Å²) in [5, 5.41) is 11.7. The van der Waals surface area contributed by atoms with Crippen LogP contribution in [0.3, 0.4) is 0 Å². The second kappa shape index (κ2) is 6.82. The van der Waals surface area contributed by atoms with Gasteiger partial charge in [-0.05, 0) is 18.2 Å². The number of hydrogen-bond donors (Lipinski definition) is 2. The summed E-state index contributed by atoms with van der Waals surface area (Å²) in [5.41, 5.74) is 2.66. The molecule has 3 rings (SSSR count). The molecule has 120 valence electrons. The van der Waals surface area contributed by atoms with Crippen molar-refractivity contribution >= 4 is 46.1 Å². The third-order valence-corrected chi connectivity index (χ3v) is 3.81. The number of aromatic amines is 1. The predicted molar refractivity (Wildman–Crippen MR) is 93.9 cm³/mol. The van der Waals surface area contributed by atoms with Crippen LogP contribution in [0, 0.1) is 0 Å². The van der Waals surface area contributed by atoms with E-state index in [9.17, 15) is 9.59 Å². The van der Waals surface area contributed by atoms with Gasteiger partial charge in [-0.1, -0.05) is 47.5 Å². The Kier molecular flexibility index (Phi) is 4.59. The lowest BCUT2D eigenvalue weighted by Crippen LogP contribution is -2.22. The fourth-order valence-corrected chi connectivity index (χ4v) is 2.56. The molecule has 8 heteroatoms. The topological polar surface area (TPSA) is 87.2 Å². The van der Waals surface area contributed by atoms with Crippen LogP contribution in [-0.4, -0.2) is 22.3 Å². The highest BCUT2D eigenvalue weighted by Gasteiger charge is 2.13. The molecule has 0 atom stereocenters. The first-order chi connectivity index (χ1) is 11.6. The number of aromatic nitrogens is 2. The third kappa shape index (κ3) is 3.29. The van der Waals surface area contributed by atoms with Crippen molar-refractivity contribution in [1.29, 1.82) is 0 Å². The highest BCUT2D eigenvalue weighted by molar-refractivity contribution is 6.36. The normalized spacial score (nSPS) is 11.1. The molecule has 0 aliphatic heterocycles. The number of nitrogens with zero attached hydrogens (tertiary/aromatic N) is 2. The lowest BCUT2D eigenvalue weighted by Gasteiger charge is -2.03. The lowest BCUT2D eigenvalue weighted by molar-refractivity contribution is 0.0951. The number of rotatable bonds is 3. The first kappa shape index (κ1) is 16.2. The summed E-state index contributed by atoms with van der Waals surface area (Å²) >= 11 is 11.8. The minimum absolute atomic E-state index is 0.0737. The zero-order valence-corrected chi connectivity index (χ0v) is 13.6. The first-order valence-electron chi connectivity index (χ1n) is 6.82. The summed E-state index contributed by atoms with van der Waals surface area (Å²) < 4.78 is 0. The van der Waals surface area contributed by atoms with Crippen molar-refractivity contribution in [2.24, 2.45) is 5.10 Å². The number of amides is 1. The summed E-state index contributed by atoms with van der Waals surface area (Å²) in [6.07, 6.45) is 1.39. The Labute approximate surface area is 146 Å². The van der Waals surface area contributed by atoms with E-state index in [1.54, 1.807) is 42.5 Å². The summed E-state index contributed by atoms with van der Waals surface area (Å²) in [4.78, 5) is 23.9. The standard InChI is InChI=1S/C16H10Cl2N4O2/c17-10-6-5-9(13(18)7-10)8-19-21-16(24)14-11-3-1-2-4-12(11)15(23)22-20-14/h1-8H,(H,21,24)(H,22,23)/b19-8-. The van der Waals surface area contributed by atoms with Crippen LogP contribution in [0.5, 0.6) is 0 Å². The molecule has 1 heterocycles. The average Bonchev–Trinajstić information content (AvgIpc) is 2.57. The quantitative estimate of drug-likeness (QED) is 0.555. The summed E-state index contributed by atoms with van der Waals surface area (Å²) in [6, 6.07) is 11.6. The Hall–Kier alpha value is -2.70. The maximum absolute atomic E-state index is 12.2. The van der Waals surface area contributed by atoms with Crippen molar-refractivity contribution in [3.63, 3.8) is 0 Å². The van der Waals surface area contributed by atoms with Crippen LogP contribution in [0.25, 0.3) is 10.8 Å². The van der Waals surface area contributed by atoms with Gasteiger partial charge in [-0.25, -0.2) is 10.5 Å². The van der Waals surface area contributed by atoms with E-state index in [1.165, 1.54) is 6.21 Å². The van der Waals surface area contributed by atoms with Gasteiger partial charge in [-0.15, -0.1) is 0 Å². The highest BCUT2D eigenvalue weighted by Crippen LogP contribution is 2.19. The van der Waals surface area contributed by atoms with Crippen LogP contribution in [0.2, 0.25) is 10.0 Å². The second-order valence-electron chi connectivity index (χ2n) is 4.81. The van der Waals surface area contributed by atoms with Crippen molar-refractivity contribution in [3.8, 4) is 0 Å². The van der Waals surface area contributed by atoms with Crippen molar-refractivity contribution < 1.29 is 4.79 Å². The molecule has 0 aliphatic carbocycles. The smallest absolute Gasteiger partial charge is 0.267 e. The van der Waals surface area contributed by atoms with E-state index in [0.717, 1.165) is 0 Å². The molecule has 0 saturated heterocycles. The van der Waals surface area contributed by atoms with Crippen molar-refractivity contribution in [3.05, 3.63) is 74.1 Å². The molecule has 0 saturated carbocycles. The van der Waals surface area contributed by atoms with E-state index in [2.05, 4.69) is 20.7 Å². The minimum atomic E-state index is -0.552. The zero-order valence-electron chi connectivity index (χ0n) is 12.1. The number of benzene rings is 2. The van der Waals surface area contributed by atoms with Crippen LogP contribution in [0.1, 0.15) is 16.1 Å². The lowest BCUT2D eigenvalue weighted by atomic mass is 10.1. The molecule has 0 radical (unpaired) electrons. The number of hydrogen-bond acceptors (Lipinski definition) is 4. The Morgan fingerprint density at radius 1 is 1.17 bits per heavy atom. The highest BCUT2D eigenvalue weighted by atomic mass is 35.5. The van der Waals surface area contributed by atoms with E-state index in [4.69, 9.17) is 23.2 Å². The fourth-order valence-electron chi connectivity index (χ4n) is 2.11. The molecular weight excluding hydrogens is 351 g/mol. The van der Waals surface area contributed by atoms with Gasteiger partial charge >= 0.3 is 0 Å². The van der Waals surface area contributed by atoms with Crippen LogP contribution >= 0.6 is 23.2 Å². The Balaban J connectivity index is 1.84. The molecule has 2 N–H and O–H groups in total. The van der Waals surface area contributed by atoms with Gasteiger partial charge < -0.3 is 0 Å². The zero-order chi connectivity index (χ0) is 17.1. The Morgan fingerprint density at radius 3 is 2.67 bits per heavy atom. The maximum atomic E-state index is 12.2. The molecule has 0 fully saturated rings. The molecule has 1 amide bonds. The van der Waals surface area contributed by atoms with Crippen LogP contribution in [0.4, 0.5) is 0 Å². The number of H-pyrrole nitrogens is 1. The summed E-state index contributed by atoms with van der Waals surface area (Å²) in [6.45, 7) is 0. The van der Waals surface area contributed by atoms with Crippen molar-refractivity contribution in [1.82, 2.24) is 15.6 Å². The largest absolute Gasteiger partial charge is 0.292 e. The minimum Gasteiger partial charge on any atom is -0.267 e. The molecule has 1 aromatic heterocycles. The maximum Gasteiger partial charge on any atom is 0.292 e. The first-order valence-corrected chi connectivity index (χ1v) is 7.58. The number of fused-ring (bicyclic) bond motifs is 1. The number of nitrogens with one attached hydrogen (secondary N) is 2. The average molecular weight is 361 g/mol. The van der Waals surface area contributed by atoms with Gasteiger partial charge in [0.1, 0.15) is 0 Å². The molecule has 0 aliphatic rings. The predicted octanol–water partition coefficient (Wildman–Crippen LogP) is 2.99. The monoisotopic (exact) mass is 360 g/mol. The van der Waals surface area contributed by atoms with Crippen LogP contribution in [0.15, 0.2) is 52.4 Å². The van der Waals surface area contributed by atoms with E-state index < -0.39 is 5.91 Å². The Morgan fingerprint density at radius 2 is 1.92 bits per heavy atom. The molecule has 6 nitrogen and oxygen atoms in total. The van der Waals surface area contributed by atoms with Gasteiger partial charge in [0.05, 0.1) is 16.6 Å². The van der Waals surface area contributed by atoms with Gasteiger partial charge in [-0.2, -0.15) is 10.2 Å². The molecule has 0 spiro atoms. The molecular formula is C16H10Cl2N4O2. The molecule has 2 aromatic carbocycles. The second-order valence-corrected chi connectivity index (χ2v) is 5.66. The third-order valence-electron chi connectivity index (χ3n) is 3.24.